The van der Waals surface area contributed by atoms with Gasteiger partial charge in [0, 0.05) is 11.9 Å². The van der Waals surface area contributed by atoms with Crippen LogP contribution in [0.25, 0.3) is 17.0 Å². The Morgan fingerprint density at radius 3 is 2.50 bits per heavy atom. The number of benzene rings is 3. The predicted molar refractivity (Wildman–Crippen MR) is 132 cm³/mol. The van der Waals surface area contributed by atoms with Gasteiger partial charge < -0.3 is 19.2 Å². The smallest absolute Gasteiger partial charge is 0.351 e. The molecule has 3 aromatic carbocycles. The van der Waals surface area contributed by atoms with Crippen LogP contribution in [0.4, 0.5) is 0 Å². The van der Waals surface area contributed by atoms with Crippen LogP contribution < -0.4 is 20.4 Å². The van der Waals surface area contributed by atoms with E-state index < -0.39 is 17.5 Å². The Labute approximate surface area is 206 Å². The number of hydrogen-bond acceptors (Lipinski definition) is 7. The first kappa shape index (κ1) is 24.0. The molecule has 0 aliphatic heterocycles. The van der Waals surface area contributed by atoms with Crippen LogP contribution in [0, 0.1) is 11.3 Å². The lowest BCUT2D eigenvalue weighted by molar-refractivity contribution is -0.117. The Balaban J connectivity index is 1.52. The maximum Gasteiger partial charge on any atom is 0.351 e. The SMILES string of the molecule is COc1cc(/C=C(\C#N)C(=O)NCc2ccccc2)ccc1OC(=O)c1cc2ccccc2oc1=O. The largest absolute Gasteiger partial charge is 0.493 e. The normalized spacial score (nSPS) is 10.9. The lowest BCUT2D eigenvalue weighted by atomic mass is 10.1. The van der Waals surface area contributed by atoms with Gasteiger partial charge in [0.1, 0.15) is 22.8 Å². The number of esters is 1. The van der Waals surface area contributed by atoms with E-state index in [2.05, 4.69) is 5.32 Å². The second-order valence-electron chi connectivity index (χ2n) is 7.62. The van der Waals surface area contributed by atoms with Gasteiger partial charge >= 0.3 is 11.6 Å². The van der Waals surface area contributed by atoms with E-state index in [0.29, 0.717) is 16.5 Å². The first-order valence-electron chi connectivity index (χ1n) is 10.9. The van der Waals surface area contributed by atoms with Gasteiger partial charge in [0.05, 0.1) is 7.11 Å². The molecule has 0 aliphatic carbocycles. The monoisotopic (exact) mass is 480 g/mol. The number of carbonyl (C=O) groups is 2. The van der Waals surface area contributed by atoms with E-state index >= 15 is 0 Å². The molecule has 0 atom stereocenters. The number of ether oxygens (including phenoxy) is 2. The average molecular weight is 480 g/mol. The Hall–Kier alpha value is -5.16. The molecular weight excluding hydrogens is 460 g/mol. The van der Waals surface area contributed by atoms with Crippen LogP contribution in [0.3, 0.4) is 0 Å². The standard InChI is InChI=1S/C28H20N2O6/c1-34-25-14-19(13-21(16-29)26(31)30-17-18-7-3-2-4-8-18)11-12-24(25)36-28(33)22-15-20-9-5-6-10-23(20)35-27(22)32/h2-15H,17H2,1H3,(H,30,31)/b21-13+. The van der Waals surface area contributed by atoms with Gasteiger partial charge in [-0.25, -0.2) is 9.59 Å². The van der Waals surface area contributed by atoms with E-state index in [1.807, 2.05) is 36.4 Å². The van der Waals surface area contributed by atoms with Crippen LogP contribution in [-0.2, 0) is 11.3 Å². The maximum atomic E-state index is 12.7. The highest BCUT2D eigenvalue weighted by molar-refractivity contribution is 6.01. The van der Waals surface area contributed by atoms with Gasteiger partial charge in [0.2, 0.25) is 0 Å². The van der Waals surface area contributed by atoms with Crippen molar-refractivity contribution in [3.8, 4) is 17.6 Å². The summed E-state index contributed by atoms with van der Waals surface area (Å²) < 4.78 is 15.9. The molecule has 8 heteroatoms. The van der Waals surface area contributed by atoms with Crippen molar-refractivity contribution in [2.24, 2.45) is 0 Å². The second-order valence-corrected chi connectivity index (χ2v) is 7.62. The van der Waals surface area contributed by atoms with Crippen molar-refractivity contribution >= 4 is 28.9 Å². The van der Waals surface area contributed by atoms with Crippen LogP contribution in [0.15, 0.2) is 93.6 Å². The Kier molecular flexibility index (Phi) is 7.22. The summed E-state index contributed by atoms with van der Waals surface area (Å²) >= 11 is 0. The van der Waals surface area contributed by atoms with Crippen molar-refractivity contribution in [3.05, 3.63) is 112 Å². The zero-order valence-electron chi connectivity index (χ0n) is 19.2. The number of methoxy groups -OCH3 is 1. The Morgan fingerprint density at radius 2 is 1.75 bits per heavy atom. The van der Waals surface area contributed by atoms with Crippen molar-refractivity contribution in [1.82, 2.24) is 5.32 Å². The molecule has 0 unspecified atom stereocenters. The Morgan fingerprint density at radius 1 is 1.00 bits per heavy atom. The molecule has 1 N–H and O–H groups in total. The number of nitrogens with zero attached hydrogens (tertiary/aromatic N) is 1. The molecule has 36 heavy (non-hydrogen) atoms. The number of fused-ring (bicyclic) bond motifs is 1. The first-order chi connectivity index (χ1) is 17.5. The van der Waals surface area contributed by atoms with E-state index in [9.17, 15) is 19.6 Å². The maximum absolute atomic E-state index is 12.7. The molecule has 0 fully saturated rings. The highest BCUT2D eigenvalue weighted by Gasteiger charge is 2.18. The summed E-state index contributed by atoms with van der Waals surface area (Å²) in [7, 11) is 1.38. The molecule has 4 rings (SSSR count). The molecule has 1 heterocycles. The molecule has 0 bridgehead atoms. The van der Waals surface area contributed by atoms with E-state index in [-0.39, 0.29) is 29.2 Å². The van der Waals surface area contributed by atoms with Crippen molar-refractivity contribution in [2.75, 3.05) is 7.11 Å². The molecule has 0 saturated carbocycles. The van der Waals surface area contributed by atoms with E-state index in [1.54, 1.807) is 30.3 Å². The minimum absolute atomic E-state index is 0.0549. The van der Waals surface area contributed by atoms with Crippen LogP contribution in [-0.4, -0.2) is 19.0 Å². The molecular formula is C28H20N2O6. The lowest BCUT2D eigenvalue weighted by Crippen LogP contribution is -2.23. The van der Waals surface area contributed by atoms with Gasteiger partial charge in [-0.3, -0.25) is 4.79 Å². The van der Waals surface area contributed by atoms with Crippen molar-refractivity contribution in [3.63, 3.8) is 0 Å². The molecule has 0 aliphatic rings. The summed E-state index contributed by atoms with van der Waals surface area (Å²) in [6.07, 6.45) is 1.40. The summed E-state index contributed by atoms with van der Waals surface area (Å²) in [5.41, 5.74) is 0.541. The first-order valence-corrected chi connectivity index (χ1v) is 10.9. The Bertz CT molecular complexity index is 1560. The molecule has 0 radical (unpaired) electrons. The van der Waals surface area contributed by atoms with Gasteiger partial charge in [-0.15, -0.1) is 0 Å². The number of amides is 1. The van der Waals surface area contributed by atoms with Gasteiger partial charge in [-0.1, -0.05) is 54.6 Å². The second kappa shape index (κ2) is 10.8. The minimum Gasteiger partial charge on any atom is -0.493 e. The zero-order valence-corrected chi connectivity index (χ0v) is 19.2. The predicted octanol–water partition coefficient (Wildman–Crippen LogP) is 4.24. The molecule has 0 spiro atoms. The number of rotatable bonds is 7. The quantitative estimate of drug-likeness (QED) is 0.138. The zero-order chi connectivity index (χ0) is 25.5. The van der Waals surface area contributed by atoms with Gasteiger partial charge in [0.25, 0.3) is 5.91 Å². The lowest BCUT2D eigenvalue weighted by Gasteiger charge is -2.10. The average Bonchev–Trinajstić information content (AvgIpc) is 2.91. The molecule has 0 saturated heterocycles. The number of nitrogens with one attached hydrogen (secondary N) is 1. The molecule has 1 amide bonds. The highest BCUT2D eigenvalue weighted by atomic mass is 16.6. The molecule has 8 nitrogen and oxygen atoms in total. The van der Waals surface area contributed by atoms with Gasteiger partial charge in [0.15, 0.2) is 11.5 Å². The van der Waals surface area contributed by atoms with Gasteiger partial charge in [-0.05, 0) is 41.5 Å². The third-order valence-corrected chi connectivity index (χ3v) is 5.22. The van der Waals surface area contributed by atoms with E-state index in [0.717, 1.165) is 5.56 Å². The summed E-state index contributed by atoms with van der Waals surface area (Å²) in [6.45, 7) is 0.277. The molecule has 1 aromatic heterocycles. The minimum atomic E-state index is -0.908. The van der Waals surface area contributed by atoms with Crippen molar-refractivity contribution in [1.29, 1.82) is 5.26 Å². The number of nitriles is 1. The number of carbonyl (C=O) groups excluding carboxylic acids is 2. The van der Waals surface area contributed by atoms with Crippen LogP contribution >= 0.6 is 0 Å². The van der Waals surface area contributed by atoms with E-state index in [1.165, 1.54) is 31.4 Å². The summed E-state index contributed by atoms with van der Waals surface area (Å²) in [4.78, 5) is 37.4. The fourth-order valence-corrected chi connectivity index (χ4v) is 3.41. The summed E-state index contributed by atoms with van der Waals surface area (Å²) in [6, 6.07) is 23.9. The fraction of sp³-hybridized carbons (Fsp3) is 0.0714. The van der Waals surface area contributed by atoms with Crippen molar-refractivity contribution < 1.29 is 23.5 Å². The molecule has 178 valence electrons. The third kappa shape index (κ3) is 5.48. The molecule has 4 aromatic rings. The van der Waals surface area contributed by atoms with E-state index in [4.69, 9.17) is 13.9 Å². The van der Waals surface area contributed by atoms with Crippen LogP contribution in [0.5, 0.6) is 11.5 Å². The van der Waals surface area contributed by atoms with Crippen LogP contribution in [0.2, 0.25) is 0 Å². The summed E-state index contributed by atoms with van der Waals surface area (Å²) in [5.74, 6) is -1.21. The van der Waals surface area contributed by atoms with Crippen molar-refractivity contribution in [2.45, 2.75) is 6.54 Å². The number of hydrogen-bond donors (Lipinski definition) is 1. The highest BCUT2D eigenvalue weighted by Crippen LogP contribution is 2.30. The number of para-hydroxylation sites is 1. The topological polar surface area (TPSA) is 119 Å². The summed E-state index contributed by atoms with van der Waals surface area (Å²) in [5, 5.41) is 12.7. The van der Waals surface area contributed by atoms with Crippen LogP contribution in [0.1, 0.15) is 21.5 Å². The fourth-order valence-electron chi connectivity index (χ4n) is 3.41. The third-order valence-electron chi connectivity index (χ3n) is 5.22. The van der Waals surface area contributed by atoms with Gasteiger partial charge in [-0.2, -0.15) is 5.26 Å².